The van der Waals surface area contributed by atoms with E-state index < -0.39 is 12.2 Å². The van der Waals surface area contributed by atoms with Gasteiger partial charge in [0.2, 0.25) is 0 Å². The Morgan fingerprint density at radius 1 is 0.262 bits per heavy atom. The summed E-state index contributed by atoms with van der Waals surface area (Å²) < 4.78 is 21.1. The SMILES string of the molecule is CCCCCCCCC=CCCCCCCCC(=O)OCC(CO)OC(=O)CCCCCCCC=CCCCCCCCC.CCCCCCCCCCCCCCCC(=O)OCC(CO)OC(=O)CCCCCCCCCCCCCCC. The molecule has 2 N–H and O–H groups in total. The number of hydrogen-bond donors (Lipinski definition) is 2. The molecule has 0 fully saturated rings. The van der Waals surface area contributed by atoms with E-state index in [-0.39, 0.29) is 50.3 Å². The van der Waals surface area contributed by atoms with Gasteiger partial charge in [0.1, 0.15) is 13.2 Å². The quantitative estimate of drug-likeness (QED) is 0.0261. The summed E-state index contributed by atoms with van der Waals surface area (Å²) in [6.45, 7) is 8.25. The molecule has 2 unspecified atom stereocenters. The summed E-state index contributed by atoms with van der Waals surface area (Å²) in [5.41, 5.74) is 0. The van der Waals surface area contributed by atoms with Crippen LogP contribution < -0.4 is 0 Å². The van der Waals surface area contributed by atoms with Crippen LogP contribution in [0.4, 0.5) is 0 Å². The van der Waals surface area contributed by atoms with Crippen LogP contribution in [0.1, 0.15) is 387 Å². The fraction of sp³-hybridized carbons (Fsp3) is 0.892. The van der Waals surface area contributed by atoms with Crippen molar-refractivity contribution < 1.29 is 48.3 Å². The van der Waals surface area contributed by atoms with Crippen LogP contribution in [0, 0.1) is 0 Å². The largest absolute Gasteiger partial charge is 0.462 e. The van der Waals surface area contributed by atoms with Crippen LogP contribution in [0.25, 0.3) is 0 Å². The molecule has 0 aromatic heterocycles. The molecule has 10 nitrogen and oxygen atoms in total. The molecule has 0 amide bonds. The third kappa shape index (κ3) is 70.0. The standard InChI is InChI=1S/C39H72O5.C35H68O5/c1-3-5-7-9-11-13-15-17-19-21-23-25-27-29-31-33-38(41)43-36-37(35-40)44-39(42)34-32-30-28-26-24-22-20-18-16-14-12-10-8-6-4-2;1-3-5-7-9-11-13-15-17-19-21-23-25-27-29-34(37)39-32-33(31-36)40-35(38)30-28-26-24-22-20-18-16-14-12-10-8-6-4-2/h17-20,37,40H,3-16,21-36H2,1-2H3;33,36H,3-32H2,1-2H3. The van der Waals surface area contributed by atoms with Gasteiger partial charge in [-0.3, -0.25) is 19.2 Å². The summed E-state index contributed by atoms with van der Waals surface area (Å²) in [6.07, 6.45) is 73.8. The van der Waals surface area contributed by atoms with E-state index in [4.69, 9.17) is 18.9 Å². The lowest BCUT2D eigenvalue weighted by molar-refractivity contribution is -0.161. The van der Waals surface area contributed by atoms with Crippen LogP contribution in [0.3, 0.4) is 0 Å². The van der Waals surface area contributed by atoms with E-state index in [1.165, 1.54) is 250 Å². The van der Waals surface area contributed by atoms with E-state index in [0.717, 1.165) is 83.5 Å². The Balaban J connectivity index is 0. The van der Waals surface area contributed by atoms with Crippen molar-refractivity contribution in [2.45, 2.75) is 399 Å². The molecule has 496 valence electrons. The highest BCUT2D eigenvalue weighted by Crippen LogP contribution is 2.17. The fourth-order valence-electron chi connectivity index (χ4n) is 10.5. The predicted octanol–water partition coefficient (Wildman–Crippen LogP) is 21.9. The molecule has 2 atom stereocenters. The van der Waals surface area contributed by atoms with Crippen molar-refractivity contribution >= 4 is 23.9 Å². The highest BCUT2D eigenvalue weighted by molar-refractivity contribution is 5.71. The monoisotopic (exact) mass is 1190 g/mol. The average Bonchev–Trinajstić information content (AvgIpc) is 3.52. The van der Waals surface area contributed by atoms with E-state index in [9.17, 15) is 29.4 Å². The molecule has 0 aliphatic carbocycles. The predicted molar refractivity (Wildman–Crippen MR) is 355 cm³/mol. The van der Waals surface area contributed by atoms with Gasteiger partial charge in [-0.25, -0.2) is 0 Å². The molecule has 0 spiro atoms. The molecule has 0 aliphatic rings. The second kappa shape index (κ2) is 72.8. The number of ether oxygens (including phenoxy) is 4. The van der Waals surface area contributed by atoms with Gasteiger partial charge in [0.05, 0.1) is 13.2 Å². The maximum absolute atomic E-state index is 12.1. The fourth-order valence-corrected chi connectivity index (χ4v) is 10.5. The van der Waals surface area contributed by atoms with Crippen molar-refractivity contribution in [1.29, 1.82) is 0 Å². The van der Waals surface area contributed by atoms with Crippen LogP contribution in [-0.4, -0.2) is 72.7 Å². The van der Waals surface area contributed by atoms with Crippen molar-refractivity contribution in [2.75, 3.05) is 26.4 Å². The van der Waals surface area contributed by atoms with Gasteiger partial charge in [0.15, 0.2) is 12.2 Å². The second-order valence-electron chi connectivity index (χ2n) is 24.6. The van der Waals surface area contributed by atoms with Crippen molar-refractivity contribution in [2.24, 2.45) is 0 Å². The summed E-state index contributed by atoms with van der Waals surface area (Å²) in [5.74, 6) is -1.19. The van der Waals surface area contributed by atoms with Gasteiger partial charge in [-0.2, -0.15) is 0 Å². The zero-order valence-corrected chi connectivity index (χ0v) is 56.1. The van der Waals surface area contributed by atoms with Crippen molar-refractivity contribution in [3.8, 4) is 0 Å². The van der Waals surface area contributed by atoms with Gasteiger partial charge in [0.25, 0.3) is 0 Å². The Morgan fingerprint density at radius 2 is 0.440 bits per heavy atom. The van der Waals surface area contributed by atoms with Crippen LogP contribution >= 0.6 is 0 Å². The number of carbonyl (C=O) groups is 4. The Hall–Kier alpha value is -2.72. The number of allylic oxidation sites excluding steroid dienone is 4. The highest BCUT2D eigenvalue weighted by atomic mass is 16.6. The molecular formula is C74H140O10. The first-order valence-corrected chi connectivity index (χ1v) is 36.5. The van der Waals surface area contributed by atoms with E-state index >= 15 is 0 Å². The van der Waals surface area contributed by atoms with Gasteiger partial charge < -0.3 is 29.2 Å². The first kappa shape index (κ1) is 83.3. The molecule has 84 heavy (non-hydrogen) atoms. The Labute approximate surface area is 520 Å². The summed E-state index contributed by atoms with van der Waals surface area (Å²) in [5, 5.41) is 19.0. The van der Waals surface area contributed by atoms with Crippen molar-refractivity contribution in [3.05, 3.63) is 24.3 Å². The summed E-state index contributed by atoms with van der Waals surface area (Å²) >= 11 is 0. The van der Waals surface area contributed by atoms with Gasteiger partial charge >= 0.3 is 23.9 Å². The smallest absolute Gasteiger partial charge is 0.306 e. The van der Waals surface area contributed by atoms with Crippen LogP contribution in [-0.2, 0) is 38.1 Å². The highest BCUT2D eigenvalue weighted by Gasteiger charge is 2.17. The first-order valence-electron chi connectivity index (χ1n) is 36.5. The molecule has 0 saturated heterocycles. The Morgan fingerprint density at radius 3 is 0.643 bits per heavy atom. The van der Waals surface area contributed by atoms with E-state index in [0.29, 0.717) is 25.7 Å². The Kier molecular flexibility index (Phi) is 72.2. The second-order valence-corrected chi connectivity index (χ2v) is 24.6. The van der Waals surface area contributed by atoms with E-state index in [1.54, 1.807) is 0 Å². The van der Waals surface area contributed by atoms with Gasteiger partial charge in [0, 0.05) is 25.7 Å². The molecule has 0 heterocycles. The molecular weight excluding hydrogens is 1050 g/mol. The maximum Gasteiger partial charge on any atom is 0.306 e. The van der Waals surface area contributed by atoms with Crippen LogP contribution in [0.5, 0.6) is 0 Å². The lowest BCUT2D eigenvalue weighted by Gasteiger charge is -2.15. The summed E-state index contributed by atoms with van der Waals surface area (Å²) in [6, 6.07) is 0. The van der Waals surface area contributed by atoms with Gasteiger partial charge in [-0.1, -0.05) is 309 Å². The number of unbranched alkanes of at least 4 members (excludes halogenated alkanes) is 46. The summed E-state index contributed by atoms with van der Waals surface area (Å²) in [4.78, 5) is 48.3. The number of esters is 4. The van der Waals surface area contributed by atoms with Gasteiger partial charge in [-0.15, -0.1) is 0 Å². The number of rotatable bonds is 66. The van der Waals surface area contributed by atoms with E-state index in [1.807, 2.05) is 0 Å². The summed E-state index contributed by atoms with van der Waals surface area (Å²) in [7, 11) is 0. The lowest BCUT2D eigenvalue weighted by Crippen LogP contribution is -2.28. The van der Waals surface area contributed by atoms with Crippen LogP contribution in [0.15, 0.2) is 24.3 Å². The zero-order chi connectivity index (χ0) is 61.5. The first-order chi connectivity index (χ1) is 41.3. The van der Waals surface area contributed by atoms with Crippen LogP contribution in [0.2, 0.25) is 0 Å². The maximum atomic E-state index is 12.1. The number of aliphatic hydroxyl groups is 2. The number of hydrogen-bond acceptors (Lipinski definition) is 10. The third-order valence-electron chi connectivity index (χ3n) is 16.1. The van der Waals surface area contributed by atoms with Gasteiger partial charge in [-0.05, 0) is 77.0 Å². The zero-order valence-electron chi connectivity index (χ0n) is 56.1. The number of carbonyl (C=O) groups excluding carboxylic acids is 4. The van der Waals surface area contributed by atoms with Crippen molar-refractivity contribution in [3.63, 3.8) is 0 Å². The normalized spacial score (nSPS) is 12.2. The minimum atomic E-state index is -0.774. The number of aliphatic hydroxyl groups excluding tert-OH is 2. The molecule has 0 radical (unpaired) electrons. The molecule has 0 aliphatic heterocycles. The minimum absolute atomic E-state index is 0.0574. The molecule has 0 saturated carbocycles. The molecule has 0 aromatic carbocycles. The molecule has 10 heteroatoms. The topological polar surface area (TPSA) is 146 Å². The average molecular weight is 1190 g/mol. The molecule has 0 bridgehead atoms. The van der Waals surface area contributed by atoms with E-state index in [2.05, 4.69) is 52.0 Å². The lowest BCUT2D eigenvalue weighted by atomic mass is 10.0. The van der Waals surface area contributed by atoms with Crippen molar-refractivity contribution in [1.82, 2.24) is 0 Å². The molecule has 0 rings (SSSR count). The Bertz CT molecular complexity index is 1410. The third-order valence-corrected chi connectivity index (χ3v) is 16.1. The molecule has 0 aromatic rings. The minimum Gasteiger partial charge on any atom is -0.462 e.